The third-order valence-corrected chi connectivity index (χ3v) is 4.01. The molecule has 1 amide bonds. The summed E-state index contributed by atoms with van der Waals surface area (Å²) in [6.07, 6.45) is 4.83. The van der Waals surface area contributed by atoms with Crippen molar-refractivity contribution in [2.24, 2.45) is 0 Å². The second kappa shape index (κ2) is 6.03. The van der Waals surface area contributed by atoms with Gasteiger partial charge in [0.25, 0.3) is 5.91 Å². The molecule has 0 bridgehead atoms. The maximum atomic E-state index is 12.3. The van der Waals surface area contributed by atoms with Gasteiger partial charge in [-0.05, 0) is 25.5 Å². The monoisotopic (exact) mass is 310 g/mol. The predicted octanol–water partition coefficient (Wildman–Crippen LogP) is 3.47. The molecule has 0 radical (unpaired) electrons. The zero-order chi connectivity index (χ0) is 15.5. The van der Waals surface area contributed by atoms with E-state index in [4.69, 9.17) is 0 Å². The number of aromatic nitrogens is 3. The molecular formula is C16H14N4OS. The SMILES string of the molecule is Cc1ccc(NC(=O)c2csc(-c3cnccn3)n2)c(C)c1. The molecule has 0 aliphatic carbocycles. The number of thiazole rings is 1. The first-order valence-corrected chi connectivity index (χ1v) is 7.62. The third-order valence-electron chi connectivity index (χ3n) is 3.15. The molecule has 0 saturated carbocycles. The average Bonchev–Trinajstić information content (AvgIpc) is 3.01. The summed E-state index contributed by atoms with van der Waals surface area (Å²) >= 11 is 1.37. The minimum Gasteiger partial charge on any atom is -0.320 e. The number of nitrogens with zero attached hydrogens (tertiary/aromatic N) is 3. The molecule has 110 valence electrons. The standard InChI is InChI=1S/C16H14N4OS/c1-10-3-4-12(11(2)7-10)19-15(21)14-9-22-16(20-14)13-8-17-5-6-18-13/h3-9H,1-2H3,(H,19,21). The lowest BCUT2D eigenvalue weighted by atomic mass is 10.1. The first kappa shape index (κ1) is 14.3. The van der Waals surface area contributed by atoms with Crippen LogP contribution in [-0.2, 0) is 0 Å². The smallest absolute Gasteiger partial charge is 0.275 e. The van der Waals surface area contributed by atoms with Crippen molar-refractivity contribution in [1.29, 1.82) is 0 Å². The third kappa shape index (κ3) is 3.01. The minimum atomic E-state index is -0.224. The van der Waals surface area contributed by atoms with Crippen LogP contribution in [0.1, 0.15) is 21.6 Å². The Balaban J connectivity index is 1.80. The van der Waals surface area contributed by atoms with Crippen LogP contribution in [0, 0.1) is 13.8 Å². The Morgan fingerprint density at radius 1 is 1.23 bits per heavy atom. The molecule has 0 atom stereocenters. The zero-order valence-electron chi connectivity index (χ0n) is 12.2. The van der Waals surface area contributed by atoms with Gasteiger partial charge >= 0.3 is 0 Å². The fraction of sp³-hybridized carbons (Fsp3) is 0.125. The van der Waals surface area contributed by atoms with Gasteiger partial charge in [-0.1, -0.05) is 17.7 Å². The van der Waals surface area contributed by atoms with Crippen molar-refractivity contribution < 1.29 is 4.79 Å². The van der Waals surface area contributed by atoms with E-state index in [-0.39, 0.29) is 5.91 Å². The number of nitrogens with one attached hydrogen (secondary N) is 1. The van der Waals surface area contributed by atoms with Crippen LogP contribution in [0.5, 0.6) is 0 Å². The lowest BCUT2D eigenvalue weighted by Gasteiger charge is -2.07. The highest BCUT2D eigenvalue weighted by molar-refractivity contribution is 7.13. The second-order valence-electron chi connectivity index (χ2n) is 4.90. The number of hydrogen-bond acceptors (Lipinski definition) is 5. The molecule has 2 aromatic heterocycles. The van der Waals surface area contributed by atoms with Crippen molar-refractivity contribution in [3.05, 3.63) is 59.0 Å². The molecule has 6 heteroatoms. The highest BCUT2D eigenvalue weighted by atomic mass is 32.1. The van der Waals surface area contributed by atoms with Crippen LogP contribution >= 0.6 is 11.3 Å². The van der Waals surface area contributed by atoms with Gasteiger partial charge in [0.2, 0.25) is 0 Å². The van der Waals surface area contributed by atoms with Crippen LogP contribution in [0.15, 0.2) is 42.2 Å². The van der Waals surface area contributed by atoms with Crippen molar-refractivity contribution in [2.45, 2.75) is 13.8 Å². The van der Waals surface area contributed by atoms with E-state index in [0.29, 0.717) is 16.4 Å². The van der Waals surface area contributed by atoms with Gasteiger partial charge in [-0.25, -0.2) is 4.98 Å². The van der Waals surface area contributed by atoms with E-state index in [1.165, 1.54) is 11.3 Å². The number of carbonyl (C=O) groups is 1. The zero-order valence-corrected chi connectivity index (χ0v) is 13.0. The summed E-state index contributed by atoms with van der Waals surface area (Å²) in [5, 5.41) is 5.29. The Labute approximate surface area is 132 Å². The molecule has 0 aliphatic rings. The summed E-state index contributed by atoms with van der Waals surface area (Å²) in [4.78, 5) is 24.8. The summed E-state index contributed by atoms with van der Waals surface area (Å²) in [5.41, 5.74) is 4.03. The number of anilines is 1. The first-order chi connectivity index (χ1) is 10.6. The maximum Gasteiger partial charge on any atom is 0.275 e. The molecule has 1 aromatic carbocycles. The fourth-order valence-corrected chi connectivity index (χ4v) is 2.81. The van der Waals surface area contributed by atoms with Crippen LogP contribution in [0.25, 0.3) is 10.7 Å². The van der Waals surface area contributed by atoms with E-state index in [9.17, 15) is 4.79 Å². The van der Waals surface area contributed by atoms with E-state index in [1.54, 1.807) is 24.0 Å². The fourth-order valence-electron chi connectivity index (χ4n) is 2.05. The molecule has 5 nitrogen and oxygen atoms in total. The topological polar surface area (TPSA) is 67.8 Å². The molecule has 0 unspecified atom stereocenters. The largest absolute Gasteiger partial charge is 0.320 e. The van der Waals surface area contributed by atoms with E-state index in [1.807, 2.05) is 32.0 Å². The number of rotatable bonds is 3. The Morgan fingerprint density at radius 3 is 2.82 bits per heavy atom. The molecule has 0 saturated heterocycles. The van der Waals surface area contributed by atoms with E-state index >= 15 is 0 Å². The summed E-state index contributed by atoms with van der Waals surface area (Å²) in [6, 6.07) is 5.90. The number of hydrogen-bond donors (Lipinski definition) is 1. The molecule has 1 N–H and O–H groups in total. The molecule has 3 rings (SSSR count). The number of aryl methyl sites for hydroxylation is 2. The van der Waals surface area contributed by atoms with Crippen LogP contribution < -0.4 is 5.32 Å². The van der Waals surface area contributed by atoms with E-state index in [2.05, 4.69) is 20.3 Å². The second-order valence-corrected chi connectivity index (χ2v) is 5.76. The molecule has 0 aliphatic heterocycles. The van der Waals surface area contributed by atoms with Crippen molar-refractivity contribution >= 4 is 22.9 Å². The van der Waals surface area contributed by atoms with Crippen LogP contribution in [0.2, 0.25) is 0 Å². The molecule has 0 spiro atoms. The molecule has 22 heavy (non-hydrogen) atoms. The Morgan fingerprint density at radius 2 is 2.09 bits per heavy atom. The van der Waals surface area contributed by atoms with Gasteiger partial charge in [0.1, 0.15) is 16.4 Å². The number of benzene rings is 1. The summed E-state index contributed by atoms with van der Waals surface area (Å²) in [5.74, 6) is -0.224. The minimum absolute atomic E-state index is 0.224. The summed E-state index contributed by atoms with van der Waals surface area (Å²) < 4.78 is 0. The highest BCUT2D eigenvalue weighted by Crippen LogP contribution is 2.22. The lowest BCUT2D eigenvalue weighted by molar-refractivity contribution is 0.102. The lowest BCUT2D eigenvalue weighted by Crippen LogP contribution is -2.13. The van der Waals surface area contributed by atoms with Gasteiger partial charge < -0.3 is 5.32 Å². The van der Waals surface area contributed by atoms with Gasteiger partial charge in [0, 0.05) is 23.5 Å². The molecular weight excluding hydrogens is 296 g/mol. The molecule has 2 heterocycles. The summed E-state index contributed by atoms with van der Waals surface area (Å²) in [7, 11) is 0. The normalized spacial score (nSPS) is 10.5. The van der Waals surface area contributed by atoms with E-state index in [0.717, 1.165) is 16.8 Å². The van der Waals surface area contributed by atoms with Crippen LogP contribution in [0.3, 0.4) is 0 Å². The average molecular weight is 310 g/mol. The molecule has 0 fully saturated rings. The highest BCUT2D eigenvalue weighted by Gasteiger charge is 2.13. The van der Waals surface area contributed by atoms with E-state index < -0.39 is 0 Å². The Bertz CT molecular complexity index is 814. The van der Waals surface area contributed by atoms with Gasteiger partial charge in [-0.15, -0.1) is 11.3 Å². The maximum absolute atomic E-state index is 12.3. The van der Waals surface area contributed by atoms with Crippen molar-refractivity contribution in [1.82, 2.24) is 15.0 Å². The van der Waals surface area contributed by atoms with Crippen LogP contribution in [0.4, 0.5) is 5.69 Å². The van der Waals surface area contributed by atoms with Crippen molar-refractivity contribution in [2.75, 3.05) is 5.32 Å². The number of carbonyl (C=O) groups excluding carboxylic acids is 1. The summed E-state index contributed by atoms with van der Waals surface area (Å²) in [6.45, 7) is 3.99. The van der Waals surface area contributed by atoms with Gasteiger partial charge in [-0.2, -0.15) is 0 Å². The van der Waals surface area contributed by atoms with Crippen molar-refractivity contribution in [3.63, 3.8) is 0 Å². The van der Waals surface area contributed by atoms with Gasteiger partial charge in [-0.3, -0.25) is 14.8 Å². The Hall–Kier alpha value is -2.60. The van der Waals surface area contributed by atoms with Gasteiger partial charge in [0.05, 0.1) is 6.20 Å². The first-order valence-electron chi connectivity index (χ1n) is 6.74. The Kier molecular flexibility index (Phi) is 3.93. The quantitative estimate of drug-likeness (QED) is 0.804. The van der Waals surface area contributed by atoms with Gasteiger partial charge in [0.15, 0.2) is 0 Å². The number of amides is 1. The van der Waals surface area contributed by atoms with Crippen LogP contribution in [-0.4, -0.2) is 20.9 Å². The molecule has 3 aromatic rings. The van der Waals surface area contributed by atoms with Crippen molar-refractivity contribution in [3.8, 4) is 10.7 Å². The predicted molar refractivity (Wildman–Crippen MR) is 87.0 cm³/mol.